The third-order valence-corrected chi connectivity index (χ3v) is 3.45. The van der Waals surface area contributed by atoms with Crippen LogP contribution in [0.5, 0.6) is 0 Å². The Kier molecular flexibility index (Phi) is 5.01. The van der Waals surface area contributed by atoms with Gasteiger partial charge < -0.3 is 5.11 Å². The smallest absolute Gasteiger partial charge is 0.387 e. The largest absolute Gasteiger partial charge is 0.416 e. The molecule has 6 heteroatoms. The summed E-state index contributed by atoms with van der Waals surface area (Å²) in [5, 5.41) is 9.86. The maximum absolute atomic E-state index is 12.4. The second kappa shape index (κ2) is 6.56. The molecule has 2 N–H and O–H groups in total. The fraction of sp³-hybridized carbons (Fsp3) is 0.571. The molecule has 0 radical (unpaired) electrons. The summed E-state index contributed by atoms with van der Waals surface area (Å²) in [6.45, 7) is 0.155. The number of aliphatic hydroxyl groups is 1. The number of hydrogen-bond donors (Lipinski definition) is 2. The van der Waals surface area contributed by atoms with Crippen LogP contribution >= 0.6 is 0 Å². The number of aliphatic hydroxyl groups excluding tert-OH is 1. The molecule has 1 aromatic rings. The number of benzene rings is 1. The van der Waals surface area contributed by atoms with Crippen LogP contribution in [0.4, 0.5) is 13.2 Å². The second-order valence-electron chi connectivity index (χ2n) is 5.01. The highest BCUT2D eigenvalue weighted by molar-refractivity contribution is 5.26. The lowest BCUT2D eigenvalue weighted by Gasteiger charge is -2.16. The third kappa shape index (κ3) is 4.19. The molecule has 1 aromatic carbocycles. The van der Waals surface area contributed by atoms with Crippen LogP contribution in [0, 0.1) is 0 Å². The quantitative estimate of drug-likeness (QED) is 0.818. The molecule has 2 rings (SSSR count). The normalized spacial score (nSPS) is 18.4. The van der Waals surface area contributed by atoms with E-state index in [-0.39, 0.29) is 12.6 Å². The molecule has 1 fully saturated rings. The lowest BCUT2D eigenvalue weighted by Crippen LogP contribution is -2.26. The monoisotopic (exact) mass is 289 g/mol. The SMILES string of the molecule is OC(CNOC1CCCC1)c1ccc(C(F)(F)F)cc1. The highest BCUT2D eigenvalue weighted by atomic mass is 19.4. The van der Waals surface area contributed by atoms with Gasteiger partial charge in [0.2, 0.25) is 0 Å². The molecule has 1 aliphatic carbocycles. The van der Waals surface area contributed by atoms with Gasteiger partial charge in [0.25, 0.3) is 0 Å². The van der Waals surface area contributed by atoms with E-state index in [0.717, 1.165) is 37.8 Å². The lowest BCUT2D eigenvalue weighted by atomic mass is 10.1. The molecule has 3 nitrogen and oxygen atoms in total. The Bertz CT molecular complexity index is 413. The zero-order chi connectivity index (χ0) is 14.6. The fourth-order valence-corrected chi connectivity index (χ4v) is 2.26. The van der Waals surface area contributed by atoms with Gasteiger partial charge in [-0.15, -0.1) is 0 Å². The molecule has 0 aromatic heterocycles. The summed E-state index contributed by atoms with van der Waals surface area (Å²) in [6, 6.07) is 4.50. The minimum atomic E-state index is -4.35. The van der Waals surface area contributed by atoms with Crippen molar-refractivity contribution in [2.75, 3.05) is 6.54 Å². The molecule has 1 unspecified atom stereocenters. The number of rotatable bonds is 5. The van der Waals surface area contributed by atoms with Crippen LogP contribution < -0.4 is 5.48 Å². The fourth-order valence-electron chi connectivity index (χ4n) is 2.26. The van der Waals surface area contributed by atoms with Gasteiger partial charge in [-0.2, -0.15) is 18.7 Å². The molecule has 1 aliphatic rings. The van der Waals surface area contributed by atoms with E-state index < -0.39 is 17.8 Å². The Morgan fingerprint density at radius 2 is 1.80 bits per heavy atom. The van der Waals surface area contributed by atoms with E-state index in [2.05, 4.69) is 5.48 Å². The third-order valence-electron chi connectivity index (χ3n) is 3.45. The van der Waals surface area contributed by atoms with Crippen molar-refractivity contribution in [2.24, 2.45) is 0 Å². The highest BCUT2D eigenvalue weighted by Gasteiger charge is 2.30. The molecular weight excluding hydrogens is 271 g/mol. The molecule has 0 heterocycles. The van der Waals surface area contributed by atoms with Crippen LogP contribution in [0.1, 0.15) is 42.9 Å². The van der Waals surface area contributed by atoms with Crippen molar-refractivity contribution in [3.05, 3.63) is 35.4 Å². The first-order valence-corrected chi connectivity index (χ1v) is 6.70. The maximum atomic E-state index is 12.4. The Labute approximate surface area is 115 Å². The van der Waals surface area contributed by atoms with Crippen LogP contribution in [-0.4, -0.2) is 17.8 Å². The number of nitrogens with one attached hydrogen (secondary N) is 1. The molecule has 112 valence electrons. The van der Waals surface area contributed by atoms with Gasteiger partial charge in [-0.1, -0.05) is 25.0 Å². The Morgan fingerprint density at radius 3 is 2.35 bits per heavy atom. The molecule has 0 spiro atoms. The van der Waals surface area contributed by atoms with Gasteiger partial charge >= 0.3 is 6.18 Å². The lowest BCUT2D eigenvalue weighted by molar-refractivity contribution is -0.137. The Balaban J connectivity index is 1.81. The first-order valence-electron chi connectivity index (χ1n) is 6.70. The van der Waals surface area contributed by atoms with Gasteiger partial charge in [0, 0.05) is 0 Å². The van der Waals surface area contributed by atoms with Crippen molar-refractivity contribution < 1.29 is 23.1 Å². The molecule has 0 saturated heterocycles. The Morgan fingerprint density at radius 1 is 1.20 bits per heavy atom. The van der Waals surface area contributed by atoms with Crippen LogP contribution in [0.25, 0.3) is 0 Å². The highest BCUT2D eigenvalue weighted by Crippen LogP contribution is 2.29. The molecule has 1 saturated carbocycles. The van der Waals surface area contributed by atoms with Crippen LogP contribution in [0.15, 0.2) is 24.3 Å². The molecule has 0 aliphatic heterocycles. The van der Waals surface area contributed by atoms with Gasteiger partial charge in [-0.05, 0) is 30.5 Å². The van der Waals surface area contributed by atoms with E-state index in [4.69, 9.17) is 4.84 Å². The summed E-state index contributed by atoms with van der Waals surface area (Å²) in [5.41, 5.74) is 2.41. The van der Waals surface area contributed by atoms with E-state index in [1.54, 1.807) is 0 Å². The number of halogens is 3. The van der Waals surface area contributed by atoms with Gasteiger partial charge in [-0.25, -0.2) is 0 Å². The van der Waals surface area contributed by atoms with Crippen molar-refractivity contribution >= 4 is 0 Å². The van der Waals surface area contributed by atoms with Crippen molar-refractivity contribution in [1.82, 2.24) is 5.48 Å². The molecule has 1 atom stereocenters. The summed E-state index contributed by atoms with van der Waals surface area (Å²) in [5.74, 6) is 0. The van der Waals surface area contributed by atoms with Crippen molar-refractivity contribution in [3.63, 3.8) is 0 Å². The van der Waals surface area contributed by atoms with Crippen molar-refractivity contribution in [2.45, 2.75) is 44.1 Å². The first kappa shape index (κ1) is 15.3. The van der Waals surface area contributed by atoms with Crippen molar-refractivity contribution in [1.29, 1.82) is 0 Å². The summed E-state index contributed by atoms with van der Waals surface area (Å²) >= 11 is 0. The predicted molar refractivity (Wildman–Crippen MR) is 67.7 cm³/mol. The average Bonchev–Trinajstić information content (AvgIpc) is 2.91. The topological polar surface area (TPSA) is 41.5 Å². The predicted octanol–water partition coefficient (Wildman–Crippen LogP) is 3.20. The summed E-state index contributed by atoms with van der Waals surface area (Å²) in [6.07, 6.45) is -0.768. The molecule has 20 heavy (non-hydrogen) atoms. The zero-order valence-corrected chi connectivity index (χ0v) is 11.0. The molecular formula is C14H18F3NO2. The zero-order valence-electron chi connectivity index (χ0n) is 11.0. The first-order chi connectivity index (χ1) is 9.47. The minimum absolute atomic E-state index is 0.155. The summed E-state index contributed by atoms with van der Waals surface area (Å²) in [7, 11) is 0. The minimum Gasteiger partial charge on any atom is -0.387 e. The summed E-state index contributed by atoms with van der Waals surface area (Å²) in [4.78, 5) is 5.38. The van der Waals surface area contributed by atoms with E-state index in [1.165, 1.54) is 12.1 Å². The van der Waals surface area contributed by atoms with Crippen LogP contribution in [-0.2, 0) is 11.0 Å². The average molecular weight is 289 g/mol. The van der Waals surface area contributed by atoms with E-state index >= 15 is 0 Å². The number of alkyl halides is 3. The summed E-state index contributed by atoms with van der Waals surface area (Å²) < 4.78 is 37.2. The van der Waals surface area contributed by atoms with Crippen molar-refractivity contribution in [3.8, 4) is 0 Å². The Hall–Kier alpha value is -1.11. The standard InChI is InChI=1S/C14H18F3NO2/c15-14(16,17)11-7-5-10(6-8-11)13(19)9-18-20-12-3-1-2-4-12/h5-8,12-13,18-19H,1-4,9H2. The molecule has 0 bridgehead atoms. The van der Waals surface area contributed by atoms with Gasteiger partial charge in [0.05, 0.1) is 24.3 Å². The maximum Gasteiger partial charge on any atom is 0.416 e. The van der Waals surface area contributed by atoms with Crippen LogP contribution in [0.2, 0.25) is 0 Å². The molecule has 0 amide bonds. The van der Waals surface area contributed by atoms with E-state index in [9.17, 15) is 18.3 Å². The number of hydroxylamine groups is 1. The van der Waals surface area contributed by atoms with Crippen LogP contribution in [0.3, 0.4) is 0 Å². The number of hydrogen-bond acceptors (Lipinski definition) is 3. The van der Waals surface area contributed by atoms with E-state index in [0.29, 0.717) is 5.56 Å². The van der Waals surface area contributed by atoms with E-state index in [1.807, 2.05) is 0 Å². The second-order valence-corrected chi connectivity index (χ2v) is 5.01. The van der Waals surface area contributed by atoms with Gasteiger partial charge in [-0.3, -0.25) is 4.84 Å². The van der Waals surface area contributed by atoms with Gasteiger partial charge in [0.1, 0.15) is 0 Å². The van der Waals surface area contributed by atoms with Gasteiger partial charge in [0.15, 0.2) is 0 Å².